The highest BCUT2D eigenvalue weighted by Gasteiger charge is 2.35. The third-order valence-corrected chi connectivity index (χ3v) is 6.23. The lowest BCUT2D eigenvalue weighted by atomic mass is 9.81. The lowest BCUT2D eigenvalue weighted by molar-refractivity contribution is 0.0975. The number of unbranched alkanes of at least 4 members (excludes halogenated alkanes) is 1. The fourth-order valence-electron chi connectivity index (χ4n) is 4.43. The molecule has 4 heteroatoms. The predicted octanol–water partition coefficient (Wildman–Crippen LogP) is 6.19. The number of carbonyl (C=O) groups is 2. The third kappa shape index (κ3) is 4.05. The molecule has 0 unspecified atom stereocenters. The Kier molecular flexibility index (Phi) is 6.40. The van der Waals surface area contributed by atoms with Gasteiger partial charge in [0.15, 0.2) is 11.6 Å². The second kappa shape index (κ2) is 9.39. The standard InChI is InChI=1S/C28H30N2O2/c1-4-5-11-19-12-8-10-18(2)24(17-19)30-23-16-9-14-21-26(23)28(32)20-13-6-7-15-22(29-3)25(20)27(21)31/h6-9,12,14-17,29-30H,4-5,10-11,13H2,1-3H3. The van der Waals surface area contributed by atoms with Gasteiger partial charge in [-0.3, -0.25) is 9.59 Å². The summed E-state index contributed by atoms with van der Waals surface area (Å²) in [4.78, 5) is 27.1. The van der Waals surface area contributed by atoms with E-state index in [2.05, 4.69) is 42.7 Å². The normalized spacial score (nSPS) is 18.0. The molecule has 0 amide bonds. The van der Waals surface area contributed by atoms with Gasteiger partial charge < -0.3 is 10.6 Å². The summed E-state index contributed by atoms with van der Waals surface area (Å²) in [6.07, 6.45) is 16.9. The first kappa shape index (κ1) is 21.8. The van der Waals surface area contributed by atoms with E-state index in [-0.39, 0.29) is 11.6 Å². The van der Waals surface area contributed by atoms with Crippen molar-refractivity contribution in [1.82, 2.24) is 5.32 Å². The van der Waals surface area contributed by atoms with Crippen LogP contribution in [0.3, 0.4) is 0 Å². The molecule has 0 bridgehead atoms. The van der Waals surface area contributed by atoms with Gasteiger partial charge in [-0.1, -0.05) is 49.8 Å². The highest BCUT2D eigenvalue weighted by Crippen LogP contribution is 2.37. The Labute approximate surface area is 190 Å². The minimum atomic E-state index is -0.102. The molecule has 1 aromatic carbocycles. The van der Waals surface area contributed by atoms with Crippen molar-refractivity contribution in [1.29, 1.82) is 0 Å². The summed E-state index contributed by atoms with van der Waals surface area (Å²) in [7, 11) is 1.78. The average molecular weight is 427 g/mol. The Morgan fingerprint density at radius 1 is 1.06 bits per heavy atom. The van der Waals surface area contributed by atoms with Gasteiger partial charge in [0.1, 0.15) is 0 Å². The highest BCUT2D eigenvalue weighted by atomic mass is 16.1. The van der Waals surface area contributed by atoms with E-state index in [4.69, 9.17) is 0 Å². The molecule has 0 fully saturated rings. The fraction of sp³-hybridized carbons (Fsp3) is 0.286. The molecule has 0 atom stereocenters. The molecule has 3 aliphatic carbocycles. The van der Waals surface area contributed by atoms with E-state index in [0.717, 1.165) is 31.4 Å². The van der Waals surface area contributed by atoms with Gasteiger partial charge in [0.2, 0.25) is 0 Å². The van der Waals surface area contributed by atoms with Gasteiger partial charge in [-0.25, -0.2) is 0 Å². The number of nitrogens with one attached hydrogen (secondary N) is 2. The largest absolute Gasteiger partial charge is 0.388 e. The van der Waals surface area contributed by atoms with Gasteiger partial charge in [0.05, 0.1) is 16.8 Å². The van der Waals surface area contributed by atoms with Crippen LogP contribution in [0.15, 0.2) is 88.3 Å². The van der Waals surface area contributed by atoms with Crippen LogP contribution in [0.1, 0.15) is 66.7 Å². The number of rotatable bonds is 6. The van der Waals surface area contributed by atoms with Crippen LogP contribution < -0.4 is 10.6 Å². The SMILES string of the molecule is CCCCC1=CC(Nc2cccc3c2C(=O)C2=C(C3=O)C(NC)=CC=CC2)=C(C)CC=C1. The maximum Gasteiger partial charge on any atom is 0.196 e. The van der Waals surface area contributed by atoms with E-state index in [1.165, 1.54) is 11.1 Å². The van der Waals surface area contributed by atoms with Crippen molar-refractivity contribution in [3.05, 3.63) is 99.5 Å². The molecular weight excluding hydrogens is 396 g/mol. The van der Waals surface area contributed by atoms with Gasteiger partial charge in [-0.2, -0.15) is 0 Å². The molecule has 0 aliphatic heterocycles. The van der Waals surface area contributed by atoms with Crippen LogP contribution >= 0.6 is 0 Å². The van der Waals surface area contributed by atoms with E-state index in [1.807, 2.05) is 30.4 Å². The van der Waals surface area contributed by atoms with Crippen molar-refractivity contribution >= 4 is 17.3 Å². The molecular formula is C28H30N2O2. The fourth-order valence-corrected chi connectivity index (χ4v) is 4.43. The minimum Gasteiger partial charge on any atom is -0.388 e. The number of benzene rings is 1. The van der Waals surface area contributed by atoms with Crippen molar-refractivity contribution < 1.29 is 9.59 Å². The molecule has 32 heavy (non-hydrogen) atoms. The van der Waals surface area contributed by atoms with Gasteiger partial charge in [-0.05, 0) is 62.0 Å². The smallest absolute Gasteiger partial charge is 0.196 e. The third-order valence-electron chi connectivity index (χ3n) is 6.23. The quantitative estimate of drug-likeness (QED) is 0.570. The number of hydrogen-bond acceptors (Lipinski definition) is 4. The number of fused-ring (bicyclic) bond motifs is 1. The van der Waals surface area contributed by atoms with Crippen LogP contribution in [-0.4, -0.2) is 18.6 Å². The Balaban J connectivity index is 1.76. The van der Waals surface area contributed by atoms with E-state index >= 15 is 0 Å². The molecule has 2 N–H and O–H groups in total. The van der Waals surface area contributed by atoms with E-state index < -0.39 is 0 Å². The summed E-state index contributed by atoms with van der Waals surface area (Å²) >= 11 is 0. The van der Waals surface area contributed by atoms with Crippen LogP contribution in [0.25, 0.3) is 0 Å². The zero-order valence-corrected chi connectivity index (χ0v) is 19.0. The maximum atomic E-state index is 13.6. The van der Waals surface area contributed by atoms with E-state index in [1.54, 1.807) is 13.1 Å². The van der Waals surface area contributed by atoms with Gasteiger partial charge in [0, 0.05) is 29.6 Å². The molecule has 0 spiro atoms. The number of anilines is 1. The molecule has 1 aromatic rings. The molecule has 0 saturated carbocycles. The van der Waals surface area contributed by atoms with Crippen molar-refractivity contribution in [2.75, 3.05) is 12.4 Å². The Morgan fingerprint density at radius 3 is 2.69 bits per heavy atom. The number of allylic oxidation sites excluding steroid dienone is 10. The lowest BCUT2D eigenvalue weighted by Gasteiger charge is -2.24. The van der Waals surface area contributed by atoms with Crippen molar-refractivity contribution in [3.8, 4) is 0 Å². The van der Waals surface area contributed by atoms with Crippen molar-refractivity contribution in [2.24, 2.45) is 0 Å². The summed E-state index contributed by atoms with van der Waals surface area (Å²) in [5.41, 5.74) is 6.85. The molecule has 0 aromatic heterocycles. The van der Waals surface area contributed by atoms with Crippen LogP contribution in [0.2, 0.25) is 0 Å². The van der Waals surface area contributed by atoms with Crippen molar-refractivity contribution in [3.63, 3.8) is 0 Å². The molecule has 0 radical (unpaired) electrons. The van der Waals surface area contributed by atoms with Crippen LogP contribution in [0, 0.1) is 0 Å². The predicted molar refractivity (Wildman–Crippen MR) is 131 cm³/mol. The molecule has 4 nitrogen and oxygen atoms in total. The van der Waals surface area contributed by atoms with Gasteiger partial charge >= 0.3 is 0 Å². The Morgan fingerprint density at radius 2 is 1.91 bits per heavy atom. The first-order chi connectivity index (χ1) is 15.5. The lowest BCUT2D eigenvalue weighted by Crippen LogP contribution is -2.27. The van der Waals surface area contributed by atoms with E-state index in [0.29, 0.717) is 40.1 Å². The molecule has 4 rings (SSSR count). The Bertz CT molecular complexity index is 1160. The minimum absolute atomic E-state index is 0.0782. The van der Waals surface area contributed by atoms with Crippen LogP contribution in [0.5, 0.6) is 0 Å². The number of ketones is 2. The van der Waals surface area contributed by atoms with Crippen LogP contribution in [-0.2, 0) is 0 Å². The summed E-state index contributed by atoms with van der Waals surface area (Å²) in [5, 5.41) is 6.59. The molecule has 0 heterocycles. The number of likely N-dealkylation sites (N-methyl/N-ethyl adjacent to an activating group) is 1. The molecule has 164 valence electrons. The average Bonchev–Trinajstić information content (AvgIpc) is 3.12. The second-order valence-electron chi connectivity index (χ2n) is 8.45. The van der Waals surface area contributed by atoms with E-state index in [9.17, 15) is 9.59 Å². The molecule has 0 saturated heterocycles. The van der Waals surface area contributed by atoms with Crippen LogP contribution in [0.4, 0.5) is 5.69 Å². The topological polar surface area (TPSA) is 58.2 Å². The summed E-state index contributed by atoms with van der Waals surface area (Å²) < 4.78 is 0. The number of carbonyl (C=O) groups excluding carboxylic acids is 2. The number of hydrogen-bond donors (Lipinski definition) is 2. The zero-order chi connectivity index (χ0) is 22.7. The summed E-state index contributed by atoms with van der Waals surface area (Å²) in [6.45, 7) is 4.30. The van der Waals surface area contributed by atoms with Gasteiger partial charge in [0.25, 0.3) is 0 Å². The first-order valence-electron chi connectivity index (χ1n) is 11.4. The highest BCUT2D eigenvalue weighted by molar-refractivity contribution is 6.30. The summed E-state index contributed by atoms with van der Waals surface area (Å²) in [5.74, 6) is -0.180. The summed E-state index contributed by atoms with van der Waals surface area (Å²) in [6, 6.07) is 5.51. The monoisotopic (exact) mass is 426 g/mol. The first-order valence-corrected chi connectivity index (χ1v) is 11.4. The second-order valence-corrected chi connectivity index (χ2v) is 8.45. The van der Waals surface area contributed by atoms with Gasteiger partial charge in [-0.15, -0.1) is 0 Å². The number of Topliss-reactive ketones (excluding diaryl/α,β-unsaturated/α-hetero) is 2. The molecule has 3 aliphatic rings. The zero-order valence-electron chi connectivity index (χ0n) is 19.0. The Hall–Kier alpha value is -3.40. The maximum absolute atomic E-state index is 13.6. The van der Waals surface area contributed by atoms with Crippen molar-refractivity contribution in [2.45, 2.75) is 46.0 Å².